The Hall–Kier alpha value is -2.35. The number of sulfone groups is 1. The fourth-order valence-corrected chi connectivity index (χ4v) is 4.32. The number of nitrogens with zero attached hydrogens (tertiary/aromatic N) is 2. The van der Waals surface area contributed by atoms with E-state index in [9.17, 15) is 18.3 Å². The summed E-state index contributed by atoms with van der Waals surface area (Å²) in [4.78, 5) is 12.5. The molecule has 7 nitrogen and oxygen atoms in total. The lowest BCUT2D eigenvalue weighted by atomic mass is 10.1. The molecule has 1 aromatic carbocycles. The molecule has 0 saturated carbocycles. The van der Waals surface area contributed by atoms with Crippen molar-refractivity contribution in [3.05, 3.63) is 41.7 Å². The molecule has 8 heteroatoms. The van der Waals surface area contributed by atoms with Crippen LogP contribution >= 0.6 is 0 Å². The predicted molar refractivity (Wildman–Crippen MR) is 82.6 cm³/mol. The van der Waals surface area contributed by atoms with Gasteiger partial charge in [0.1, 0.15) is 11.5 Å². The molecule has 3 rings (SSSR count). The van der Waals surface area contributed by atoms with Gasteiger partial charge in [-0.15, -0.1) is 0 Å². The zero-order valence-corrected chi connectivity index (χ0v) is 13.3. The van der Waals surface area contributed by atoms with E-state index in [0.29, 0.717) is 12.2 Å². The molecular formula is C15H16N2O5S. The average Bonchev–Trinajstić information content (AvgIpc) is 3.13. The molecule has 1 aliphatic heterocycles. The van der Waals surface area contributed by atoms with E-state index in [1.165, 1.54) is 36.3 Å². The highest BCUT2D eigenvalue weighted by Crippen LogP contribution is 2.27. The smallest absolute Gasteiger partial charge is 0.200 e. The van der Waals surface area contributed by atoms with E-state index >= 15 is 0 Å². The van der Waals surface area contributed by atoms with Gasteiger partial charge in [-0.1, -0.05) is 0 Å². The second kappa shape index (κ2) is 5.69. The molecule has 1 N–H and O–H groups in total. The number of aromatic hydroxyl groups is 1. The van der Waals surface area contributed by atoms with Gasteiger partial charge < -0.3 is 9.84 Å². The summed E-state index contributed by atoms with van der Waals surface area (Å²) in [5.74, 6) is 0.0884. The van der Waals surface area contributed by atoms with Crippen LogP contribution in [0.1, 0.15) is 28.4 Å². The summed E-state index contributed by atoms with van der Waals surface area (Å²) in [5.41, 5.74) is 0.404. The largest absolute Gasteiger partial charge is 0.507 e. The van der Waals surface area contributed by atoms with Gasteiger partial charge in [-0.3, -0.25) is 9.48 Å². The molecule has 0 bridgehead atoms. The number of phenols is 1. The minimum absolute atomic E-state index is 0.0344. The van der Waals surface area contributed by atoms with Gasteiger partial charge in [0, 0.05) is 6.20 Å². The monoisotopic (exact) mass is 336 g/mol. The van der Waals surface area contributed by atoms with Crippen LogP contribution in [0, 0.1) is 0 Å². The van der Waals surface area contributed by atoms with E-state index in [-0.39, 0.29) is 34.4 Å². The summed E-state index contributed by atoms with van der Waals surface area (Å²) in [6.45, 7) is 0. The third-order valence-corrected chi connectivity index (χ3v) is 5.64. The molecule has 0 radical (unpaired) electrons. The Balaban J connectivity index is 1.87. The summed E-state index contributed by atoms with van der Waals surface area (Å²) in [6.07, 6.45) is 3.39. The number of carbonyl (C=O) groups is 1. The lowest BCUT2D eigenvalue weighted by Gasteiger charge is -2.07. The fourth-order valence-electron chi connectivity index (χ4n) is 2.62. The summed E-state index contributed by atoms with van der Waals surface area (Å²) in [5, 5.41) is 14.0. The minimum atomic E-state index is -3.02. The van der Waals surface area contributed by atoms with Gasteiger partial charge in [0.25, 0.3) is 0 Å². The van der Waals surface area contributed by atoms with Gasteiger partial charge in [-0.2, -0.15) is 5.10 Å². The molecule has 1 atom stereocenters. The van der Waals surface area contributed by atoms with Gasteiger partial charge in [-0.25, -0.2) is 8.42 Å². The standard InChI is InChI=1S/C15H16N2O5S/c1-22-12-2-3-14(18)13(6-12)15(19)10-7-16-17(8-10)11-4-5-23(20,21)9-11/h2-3,6-8,11,18H,4-5,9H2,1H3/t11-/m0/s1. The van der Waals surface area contributed by atoms with Crippen LogP contribution in [0.25, 0.3) is 0 Å². The molecule has 122 valence electrons. The van der Waals surface area contributed by atoms with Gasteiger partial charge in [0.05, 0.1) is 42.0 Å². The second-order valence-electron chi connectivity index (χ2n) is 5.48. The lowest BCUT2D eigenvalue weighted by Crippen LogP contribution is -2.11. The van der Waals surface area contributed by atoms with Gasteiger partial charge >= 0.3 is 0 Å². The molecule has 1 fully saturated rings. The number of methoxy groups -OCH3 is 1. The van der Waals surface area contributed by atoms with Crippen molar-refractivity contribution in [3.8, 4) is 11.5 Å². The van der Waals surface area contributed by atoms with Crippen molar-refractivity contribution >= 4 is 15.6 Å². The number of hydrogen-bond acceptors (Lipinski definition) is 6. The van der Waals surface area contributed by atoms with Crippen LogP contribution in [0.4, 0.5) is 0 Å². The van der Waals surface area contributed by atoms with Gasteiger partial charge in [0.2, 0.25) is 0 Å². The molecule has 2 aromatic rings. The zero-order valence-electron chi connectivity index (χ0n) is 12.5. The molecule has 1 aromatic heterocycles. The van der Waals surface area contributed by atoms with Crippen molar-refractivity contribution in [1.82, 2.24) is 9.78 Å². The van der Waals surface area contributed by atoms with Crippen molar-refractivity contribution < 1.29 is 23.1 Å². The van der Waals surface area contributed by atoms with Crippen LogP contribution < -0.4 is 4.74 Å². The molecular weight excluding hydrogens is 320 g/mol. The molecule has 0 amide bonds. The van der Waals surface area contributed by atoms with Crippen LogP contribution in [-0.2, 0) is 9.84 Å². The van der Waals surface area contributed by atoms with Crippen LogP contribution in [0.15, 0.2) is 30.6 Å². The number of phenolic OH excluding ortho intramolecular Hbond substituents is 1. The molecule has 23 heavy (non-hydrogen) atoms. The van der Waals surface area contributed by atoms with Crippen LogP contribution in [0.2, 0.25) is 0 Å². The number of hydrogen-bond donors (Lipinski definition) is 1. The second-order valence-corrected chi connectivity index (χ2v) is 7.71. The number of rotatable bonds is 4. The predicted octanol–water partition coefficient (Wildman–Crippen LogP) is 1.19. The number of aromatic nitrogens is 2. The quantitative estimate of drug-likeness (QED) is 0.842. The van der Waals surface area contributed by atoms with Gasteiger partial charge in [-0.05, 0) is 24.6 Å². The maximum atomic E-state index is 12.5. The molecule has 0 aliphatic carbocycles. The summed E-state index contributed by atoms with van der Waals surface area (Å²) < 4.78 is 29.6. The molecule has 1 saturated heterocycles. The third-order valence-electron chi connectivity index (χ3n) is 3.89. The summed E-state index contributed by atoms with van der Waals surface area (Å²) in [7, 11) is -1.55. The Morgan fingerprint density at radius 2 is 2.22 bits per heavy atom. The number of ketones is 1. The Kier molecular flexibility index (Phi) is 3.85. The SMILES string of the molecule is COc1ccc(O)c(C(=O)c2cnn([C@H]3CCS(=O)(=O)C3)c2)c1. The van der Waals surface area contributed by atoms with Crippen LogP contribution in [0.3, 0.4) is 0 Å². The number of ether oxygens (including phenoxy) is 1. The topological polar surface area (TPSA) is 98.5 Å². The van der Waals surface area contributed by atoms with E-state index in [2.05, 4.69) is 5.10 Å². The highest BCUT2D eigenvalue weighted by Gasteiger charge is 2.30. The first-order chi connectivity index (χ1) is 10.9. The highest BCUT2D eigenvalue weighted by atomic mass is 32.2. The maximum absolute atomic E-state index is 12.5. The van der Waals surface area contributed by atoms with Crippen molar-refractivity contribution in [2.45, 2.75) is 12.5 Å². The van der Waals surface area contributed by atoms with E-state index < -0.39 is 15.6 Å². The maximum Gasteiger partial charge on any atom is 0.200 e. The van der Waals surface area contributed by atoms with E-state index in [1.807, 2.05) is 0 Å². The van der Waals surface area contributed by atoms with E-state index in [4.69, 9.17) is 4.74 Å². The fraction of sp³-hybridized carbons (Fsp3) is 0.333. The molecule has 2 heterocycles. The van der Waals surface area contributed by atoms with Crippen molar-refractivity contribution in [3.63, 3.8) is 0 Å². The van der Waals surface area contributed by atoms with E-state index in [0.717, 1.165) is 0 Å². The van der Waals surface area contributed by atoms with Crippen LogP contribution in [-0.4, -0.2) is 47.7 Å². The first-order valence-electron chi connectivity index (χ1n) is 7.06. The van der Waals surface area contributed by atoms with Gasteiger partial charge in [0.15, 0.2) is 15.6 Å². The first kappa shape index (κ1) is 15.5. The average molecular weight is 336 g/mol. The number of carbonyl (C=O) groups excluding carboxylic acids is 1. The molecule has 1 aliphatic rings. The Bertz CT molecular complexity index is 857. The first-order valence-corrected chi connectivity index (χ1v) is 8.88. The number of benzene rings is 1. The Morgan fingerprint density at radius 1 is 1.43 bits per heavy atom. The Morgan fingerprint density at radius 3 is 2.87 bits per heavy atom. The normalized spacial score (nSPS) is 19.6. The van der Waals surface area contributed by atoms with Crippen molar-refractivity contribution in [1.29, 1.82) is 0 Å². The zero-order chi connectivity index (χ0) is 16.6. The lowest BCUT2D eigenvalue weighted by molar-refractivity contribution is 0.103. The molecule has 0 spiro atoms. The Labute approximate surface area is 133 Å². The van der Waals surface area contributed by atoms with E-state index in [1.54, 1.807) is 6.07 Å². The van der Waals surface area contributed by atoms with Crippen molar-refractivity contribution in [2.75, 3.05) is 18.6 Å². The molecule has 0 unspecified atom stereocenters. The minimum Gasteiger partial charge on any atom is -0.507 e. The highest BCUT2D eigenvalue weighted by molar-refractivity contribution is 7.91. The van der Waals surface area contributed by atoms with Crippen molar-refractivity contribution in [2.24, 2.45) is 0 Å². The summed E-state index contributed by atoms with van der Waals surface area (Å²) in [6, 6.07) is 4.15. The van der Waals surface area contributed by atoms with Crippen LogP contribution in [0.5, 0.6) is 11.5 Å². The third kappa shape index (κ3) is 3.07. The summed E-state index contributed by atoms with van der Waals surface area (Å²) >= 11 is 0.